The van der Waals surface area contributed by atoms with Crippen LogP contribution in [-0.2, 0) is 9.47 Å². The molecule has 0 bridgehead atoms. The monoisotopic (exact) mass is 386 g/mol. The predicted octanol–water partition coefficient (Wildman–Crippen LogP) is 6.04. The van der Waals surface area contributed by atoms with Crippen molar-refractivity contribution >= 4 is 0 Å². The van der Waals surface area contributed by atoms with Crippen LogP contribution in [0.4, 0.5) is 13.2 Å². The molecule has 1 aromatic rings. The number of benzene rings is 1. The minimum Gasteiger partial charge on any atom is -0.406 e. The zero-order chi connectivity index (χ0) is 19.3. The third-order valence-corrected chi connectivity index (χ3v) is 5.86. The van der Waals surface area contributed by atoms with Crippen molar-refractivity contribution in [1.82, 2.24) is 0 Å². The second kappa shape index (κ2) is 9.28. The summed E-state index contributed by atoms with van der Waals surface area (Å²) in [6, 6.07) is 6.35. The van der Waals surface area contributed by atoms with Crippen LogP contribution in [0.15, 0.2) is 24.3 Å². The highest BCUT2D eigenvalue weighted by atomic mass is 19.4. The zero-order valence-electron chi connectivity index (χ0n) is 15.8. The topological polar surface area (TPSA) is 27.7 Å². The van der Waals surface area contributed by atoms with Crippen molar-refractivity contribution in [3.8, 4) is 5.75 Å². The fourth-order valence-electron chi connectivity index (χ4n) is 4.08. The van der Waals surface area contributed by atoms with E-state index in [1.165, 1.54) is 12.1 Å². The van der Waals surface area contributed by atoms with E-state index in [-0.39, 0.29) is 12.0 Å². The van der Waals surface area contributed by atoms with Gasteiger partial charge >= 0.3 is 6.36 Å². The molecule has 1 saturated heterocycles. The molecule has 0 amide bonds. The van der Waals surface area contributed by atoms with E-state index in [4.69, 9.17) is 9.47 Å². The third kappa shape index (κ3) is 6.39. The van der Waals surface area contributed by atoms with Crippen LogP contribution in [0.25, 0.3) is 0 Å². The van der Waals surface area contributed by atoms with Crippen LogP contribution >= 0.6 is 0 Å². The molecule has 3 nitrogen and oxygen atoms in total. The maximum absolute atomic E-state index is 12.2. The average molecular weight is 386 g/mol. The van der Waals surface area contributed by atoms with Gasteiger partial charge in [0.2, 0.25) is 0 Å². The van der Waals surface area contributed by atoms with E-state index in [1.807, 2.05) is 0 Å². The first-order chi connectivity index (χ1) is 12.9. The molecular formula is C21H29F3O3. The van der Waals surface area contributed by atoms with Gasteiger partial charge in [-0.1, -0.05) is 19.1 Å². The Hall–Kier alpha value is -1.27. The highest BCUT2D eigenvalue weighted by Crippen LogP contribution is 2.38. The molecule has 6 heteroatoms. The molecule has 1 aliphatic carbocycles. The van der Waals surface area contributed by atoms with Gasteiger partial charge in [-0.2, -0.15) is 0 Å². The highest BCUT2D eigenvalue weighted by Gasteiger charge is 2.31. The van der Waals surface area contributed by atoms with Crippen molar-refractivity contribution in [2.24, 2.45) is 11.8 Å². The van der Waals surface area contributed by atoms with E-state index in [1.54, 1.807) is 12.1 Å². The summed E-state index contributed by atoms with van der Waals surface area (Å²) < 4.78 is 52.3. The van der Waals surface area contributed by atoms with Crippen molar-refractivity contribution < 1.29 is 27.4 Å². The fourth-order valence-corrected chi connectivity index (χ4v) is 4.08. The number of alkyl halides is 3. The summed E-state index contributed by atoms with van der Waals surface area (Å²) in [5.41, 5.74) is 1.10. The molecule has 152 valence electrons. The van der Waals surface area contributed by atoms with Crippen LogP contribution in [0.2, 0.25) is 0 Å². The summed E-state index contributed by atoms with van der Waals surface area (Å²) in [4.78, 5) is 0. The Balaban J connectivity index is 1.38. The Kier molecular flexibility index (Phi) is 7.04. The summed E-state index contributed by atoms with van der Waals surface area (Å²) >= 11 is 0. The number of halogens is 3. The minimum atomic E-state index is -4.64. The van der Waals surface area contributed by atoms with Crippen molar-refractivity contribution in [3.63, 3.8) is 0 Å². The first-order valence-corrected chi connectivity index (χ1v) is 10.0. The predicted molar refractivity (Wildman–Crippen MR) is 96.5 cm³/mol. The van der Waals surface area contributed by atoms with Crippen LogP contribution in [0, 0.1) is 11.8 Å². The molecule has 0 aromatic heterocycles. The molecule has 1 heterocycles. The number of hydrogen-bond donors (Lipinski definition) is 0. The Morgan fingerprint density at radius 1 is 0.926 bits per heavy atom. The van der Waals surface area contributed by atoms with E-state index in [9.17, 15) is 13.2 Å². The van der Waals surface area contributed by atoms with Gasteiger partial charge < -0.3 is 14.2 Å². The molecule has 2 aliphatic rings. The number of rotatable bonds is 6. The van der Waals surface area contributed by atoms with Gasteiger partial charge in [0.25, 0.3) is 0 Å². The van der Waals surface area contributed by atoms with Crippen LogP contribution in [0.3, 0.4) is 0 Å². The van der Waals surface area contributed by atoms with Crippen LogP contribution < -0.4 is 4.74 Å². The van der Waals surface area contributed by atoms with Gasteiger partial charge in [-0.3, -0.25) is 0 Å². The van der Waals surface area contributed by atoms with E-state index < -0.39 is 6.36 Å². The lowest BCUT2D eigenvalue weighted by atomic mass is 9.77. The molecule has 3 rings (SSSR count). The quantitative estimate of drug-likeness (QED) is 0.597. The normalized spacial score (nSPS) is 29.5. The SMILES string of the molecule is CCC1COC(CCC2CCC(c3ccc(OC(F)(F)F)cc3)CC2)OC1. The Morgan fingerprint density at radius 2 is 1.56 bits per heavy atom. The van der Waals surface area contributed by atoms with Gasteiger partial charge in [-0.25, -0.2) is 0 Å². The molecule has 0 radical (unpaired) electrons. The van der Waals surface area contributed by atoms with Gasteiger partial charge in [0, 0.05) is 5.92 Å². The van der Waals surface area contributed by atoms with E-state index in [2.05, 4.69) is 11.7 Å². The Bertz CT molecular complexity index is 557. The van der Waals surface area contributed by atoms with Crippen LogP contribution in [0.5, 0.6) is 5.75 Å². The molecule has 1 aliphatic heterocycles. The van der Waals surface area contributed by atoms with Gasteiger partial charge in [0.15, 0.2) is 6.29 Å². The molecule has 0 atom stereocenters. The molecule has 2 fully saturated rings. The first-order valence-electron chi connectivity index (χ1n) is 10.0. The van der Waals surface area contributed by atoms with E-state index in [0.29, 0.717) is 17.8 Å². The van der Waals surface area contributed by atoms with Crippen LogP contribution in [-0.4, -0.2) is 25.9 Å². The van der Waals surface area contributed by atoms with E-state index in [0.717, 1.165) is 63.7 Å². The summed E-state index contributed by atoms with van der Waals surface area (Å²) in [5, 5.41) is 0. The molecule has 1 aromatic carbocycles. The molecular weight excluding hydrogens is 357 g/mol. The second-order valence-corrected chi connectivity index (χ2v) is 7.78. The lowest BCUT2D eigenvalue weighted by Crippen LogP contribution is -2.32. The Morgan fingerprint density at radius 3 is 2.11 bits per heavy atom. The van der Waals surface area contributed by atoms with Crippen LogP contribution in [0.1, 0.15) is 63.4 Å². The summed E-state index contributed by atoms with van der Waals surface area (Å²) in [6.07, 6.45) is 2.94. The second-order valence-electron chi connectivity index (χ2n) is 7.78. The fraction of sp³-hybridized carbons (Fsp3) is 0.714. The average Bonchev–Trinajstić information content (AvgIpc) is 2.67. The van der Waals surface area contributed by atoms with Crippen molar-refractivity contribution in [1.29, 1.82) is 0 Å². The van der Waals surface area contributed by atoms with Gasteiger partial charge in [0.1, 0.15) is 5.75 Å². The largest absolute Gasteiger partial charge is 0.573 e. The molecule has 0 spiro atoms. The van der Waals surface area contributed by atoms with E-state index >= 15 is 0 Å². The summed E-state index contributed by atoms with van der Waals surface area (Å²) in [7, 11) is 0. The lowest BCUT2D eigenvalue weighted by molar-refractivity contribution is -0.274. The number of hydrogen-bond acceptors (Lipinski definition) is 3. The molecule has 0 unspecified atom stereocenters. The highest BCUT2D eigenvalue weighted by molar-refractivity contribution is 5.29. The number of ether oxygens (including phenoxy) is 3. The van der Waals surface area contributed by atoms with Gasteiger partial charge in [-0.15, -0.1) is 13.2 Å². The minimum absolute atomic E-state index is 0.0494. The maximum atomic E-state index is 12.2. The van der Waals surface area contributed by atoms with Gasteiger partial charge in [-0.05, 0) is 74.5 Å². The summed E-state index contributed by atoms with van der Waals surface area (Å²) in [6.45, 7) is 3.77. The Labute approximate surface area is 159 Å². The van der Waals surface area contributed by atoms with Crippen molar-refractivity contribution in [3.05, 3.63) is 29.8 Å². The smallest absolute Gasteiger partial charge is 0.406 e. The molecule has 1 saturated carbocycles. The lowest BCUT2D eigenvalue weighted by Gasteiger charge is -2.32. The summed E-state index contributed by atoms with van der Waals surface area (Å²) in [5.74, 6) is 1.49. The van der Waals surface area contributed by atoms with Crippen molar-refractivity contribution in [2.45, 2.75) is 70.4 Å². The zero-order valence-corrected chi connectivity index (χ0v) is 15.8. The standard InChI is InChI=1S/C21H29F3O3/c1-2-15-13-25-20(26-14-15)12-5-16-3-6-17(7-4-16)18-8-10-19(11-9-18)27-21(22,23)24/h8-11,15-17,20H,2-7,12-14H2,1H3. The third-order valence-electron chi connectivity index (χ3n) is 5.86. The molecule has 0 N–H and O–H groups in total. The van der Waals surface area contributed by atoms with Crippen molar-refractivity contribution in [2.75, 3.05) is 13.2 Å². The maximum Gasteiger partial charge on any atom is 0.573 e. The molecule has 27 heavy (non-hydrogen) atoms. The first kappa shape index (κ1) is 20.5. The van der Waals surface area contributed by atoms with Gasteiger partial charge in [0.05, 0.1) is 13.2 Å².